The Kier molecular flexibility index (Phi) is 3.21. The molecule has 1 N–H and O–H groups in total. The highest BCUT2D eigenvalue weighted by molar-refractivity contribution is 5.38. The van der Waals surface area contributed by atoms with Gasteiger partial charge in [0.2, 0.25) is 0 Å². The molecule has 1 aromatic carbocycles. The highest BCUT2D eigenvalue weighted by atomic mass is 19.3. The van der Waals surface area contributed by atoms with Crippen LogP contribution >= 0.6 is 0 Å². The molecule has 0 radical (unpaired) electrons. The molecule has 2 fully saturated rings. The van der Waals surface area contributed by atoms with Crippen LogP contribution in [0.15, 0.2) is 18.2 Å². The summed E-state index contributed by atoms with van der Waals surface area (Å²) in [6, 6.07) is 5.63. The van der Waals surface area contributed by atoms with Crippen LogP contribution in [0.5, 0.6) is 5.75 Å². The van der Waals surface area contributed by atoms with Crippen molar-refractivity contribution in [2.45, 2.75) is 38.7 Å². The lowest BCUT2D eigenvalue weighted by Crippen LogP contribution is -2.51. The van der Waals surface area contributed by atoms with Crippen LogP contribution in [0.2, 0.25) is 0 Å². The van der Waals surface area contributed by atoms with Crippen molar-refractivity contribution in [1.29, 1.82) is 0 Å². The highest BCUT2D eigenvalue weighted by Gasteiger charge is 2.43. The summed E-state index contributed by atoms with van der Waals surface area (Å²) >= 11 is 0. The predicted molar refractivity (Wildman–Crippen MR) is 69.7 cm³/mol. The van der Waals surface area contributed by atoms with Gasteiger partial charge in [0.15, 0.2) is 0 Å². The third kappa shape index (κ3) is 2.46. The number of hydrogen-bond donors (Lipinski definition) is 1. The Morgan fingerprint density at radius 1 is 1.37 bits per heavy atom. The quantitative estimate of drug-likeness (QED) is 0.905. The van der Waals surface area contributed by atoms with Gasteiger partial charge in [-0.25, -0.2) is 0 Å². The van der Waals surface area contributed by atoms with Gasteiger partial charge in [0.25, 0.3) is 0 Å². The Bertz CT molecular complexity index is 471. The van der Waals surface area contributed by atoms with Crippen molar-refractivity contribution < 1.29 is 13.5 Å². The summed E-state index contributed by atoms with van der Waals surface area (Å²) in [5.41, 5.74) is 2.57. The van der Waals surface area contributed by atoms with Crippen molar-refractivity contribution in [1.82, 2.24) is 5.32 Å². The number of aryl methyl sites for hydroxylation is 1. The van der Waals surface area contributed by atoms with Crippen LogP contribution in [0.3, 0.4) is 0 Å². The van der Waals surface area contributed by atoms with Gasteiger partial charge in [0.05, 0.1) is 0 Å². The van der Waals surface area contributed by atoms with E-state index >= 15 is 0 Å². The molecule has 1 aliphatic carbocycles. The minimum atomic E-state index is -2.75. The first kappa shape index (κ1) is 12.9. The summed E-state index contributed by atoms with van der Waals surface area (Å²) in [5, 5.41) is 3.35. The van der Waals surface area contributed by atoms with Crippen LogP contribution < -0.4 is 10.1 Å². The molecule has 0 aromatic heterocycles. The molecule has 2 nitrogen and oxygen atoms in total. The predicted octanol–water partition coefficient (Wildman–Crippen LogP) is 3.45. The maximum absolute atomic E-state index is 12.2. The maximum Gasteiger partial charge on any atom is 0.387 e. The van der Waals surface area contributed by atoms with Gasteiger partial charge in [-0.05, 0) is 54.7 Å². The molecule has 1 aromatic rings. The van der Waals surface area contributed by atoms with Crippen LogP contribution in [0.1, 0.15) is 36.3 Å². The zero-order valence-corrected chi connectivity index (χ0v) is 11.1. The van der Waals surface area contributed by atoms with Crippen LogP contribution in [0, 0.1) is 12.3 Å². The third-order valence-corrected chi connectivity index (χ3v) is 4.59. The summed E-state index contributed by atoms with van der Waals surface area (Å²) in [7, 11) is 0. The number of rotatable bonds is 3. The number of alkyl halides is 2. The van der Waals surface area contributed by atoms with Crippen molar-refractivity contribution in [3.8, 4) is 5.75 Å². The van der Waals surface area contributed by atoms with E-state index in [4.69, 9.17) is 0 Å². The fourth-order valence-corrected chi connectivity index (χ4v) is 3.45. The fraction of sp³-hybridized carbons (Fsp3) is 0.600. The maximum atomic E-state index is 12.2. The standard InChI is InChI=1S/C15H19F2NO/c1-10-6-11(2-3-13(10)19-14(16)17)12-4-5-15(7-12)8-18-9-15/h2-3,6,12,14,18H,4-5,7-9H2,1H3/t12-/m1/s1. The molecule has 2 aliphatic rings. The Morgan fingerprint density at radius 2 is 2.16 bits per heavy atom. The topological polar surface area (TPSA) is 21.3 Å². The molecule has 3 rings (SSSR count). The molecule has 4 heteroatoms. The van der Waals surface area contributed by atoms with E-state index < -0.39 is 6.61 Å². The molecule has 1 aliphatic heterocycles. The van der Waals surface area contributed by atoms with Gasteiger partial charge in [-0.2, -0.15) is 8.78 Å². The number of ether oxygens (including phenoxy) is 1. The first-order valence-electron chi connectivity index (χ1n) is 6.84. The summed E-state index contributed by atoms with van der Waals surface area (Å²) in [5.74, 6) is 0.859. The molecule has 104 valence electrons. The van der Waals surface area contributed by atoms with Crippen molar-refractivity contribution in [3.05, 3.63) is 29.3 Å². The lowest BCUT2D eigenvalue weighted by molar-refractivity contribution is -0.0503. The molecular formula is C15H19F2NO. The molecule has 1 heterocycles. The van der Waals surface area contributed by atoms with E-state index in [0.29, 0.717) is 11.3 Å². The lowest BCUT2D eigenvalue weighted by atomic mass is 9.79. The molecule has 0 bridgehead atoms. The Balaban J connectivity index is 1.73. The van der Waals surface area contributed by atoms with Crippen molar-refractivity contribution in [3.63, 3.8) is 0 Å². The van der Waals surface area contributed by atoms with E-state index in [0.717, 1.165) is 18.7 Å². The van der Waals surface area contributed by atoms with Gasteiger partial charge >= 0.3 is 6.61 Å². The van der Waals surface area contributed by atoms with Gasteiger partial charge in [-0.15, -0.1) is 0 Å². The van der Waals surface area contributed by atoms with Gasteiger partial charge in [0, 0.05) is 13.1 Å². The van der Waals surface area contributed by atoms with E-state index in [1.165, 1.54) is 24.8 Å². The summed E-state index contributed by atoms with van der Waals surface area (Å²) in [6.45, 7) is 1.35. The molecular weight excluding hydrogens is 248 g/mol. The molecule has 1 saturated carbocycles. The molecule has 1 saturated heterocycles. The normalized spacial score (nSPS) is 24.7. The molecule has 1 atom stereocenters. The molecule has 0 amide bonds. The molecule has 1 spiro atoms. The van der Waals surface area contributed by atoms with Crippen LogP contribution in [0.4, 0.5) is 8.78 Å². The third-order valence-electron chi connectivity index (χ3n) is 4.59. The Hall–Kier alpha value is -1.16. The number of halogens is 2. The smallest absolute Gasteiger partial charge is 0.387 e. The van der Waals surface area contributed by atoms with E-state index in [-0.39, 0.29) is 5.75 Å². The average Bonchev–Trinajstić information content (AvgIpc) is 2.76. The first-order valence-corrected chi connectivity index (χ1v) is 6.84. The van der Waals surface area contributed by atoms with Gasteiger partial charge in [-0.1, -0.05) is 12.1 Å². The zero-order chi connectivity index (χ0) is 13.5. The van der Waals surface area contributed by atoms with Crippen LogP contribution in [-0.2, 0) is 0 Å². The largest absolute Gasteiger partial charge is 0.435 e. The van der Waals surface area contributed by atoms with Gasteiger partial charge in [-0.3, -0.25) is 0 Å². The fourth-order valence-electron chi connectivity index (χ4n) is 3.45. The highest BCUT2D eigenvalue weighted by Crippen LogP contribution is 2.49. The monoisotopic (exact) mass is 267 g/mol. The van der Waals surface area contributed by atoms with Gasteiger partial charge in [0.1, 0.15) is 5.75 Å². The minimum absolute atomic E-state index is 0.289. The summed E-state index contributed by atoms with van der Waals surface area (Å²) < 4.78 is 28.9. The SMILES string of the molecule is Cc1cc([C@@H]2CCC3(CNC3)C2)ccc1OC(F)F. The number of nitrogens with one attached hydrogen (secondary N) is 1. The number of benzene rings is 1. The van der Waals surface area contributed by atoms with E-state index in [9.17, 15) is 8.78 Å². The van der Waals surface area contributed by atoms with Crippen LogP contribution in [0.25, 0.3) is 0 Å². The van der Waals surface area contributed by atoms with E-state index in [1.54, 1.807) is 6.07 Å². The van der Waals surface area contributed by atoms with Crippen molar-refractivity contribution >= 4 is 0 Å². The molecule has 0 unspecified atom stereocenters. The summed E-state index contributed by atoms with van der Waals surface area (Å²) in [6.07, 6.45) is 3.70. The van der Waals surface area contributed by atoms with E-state index in [1.807, 2.05) is 19.1 Å². The van der Waals surface area contributed by atoms with E-state index in [2.05, 4.69) is 10.1 Å². The lowest BCUT2D eigenvalue weighted by Gasteiger charge is -2.39. The molecule has 19 heavy (non-hydrogen) atoms. The Morgan fingerprint density at radius 3 is 2.68 bits per heavy atom. The van der Waals surface area contributed by atoms with Crippen molar-refractivity contribution in [2.24, 2.45) is 5.41 Å². The Labute approximate surface area is 112 Å². The van der Waals surface area contributed by atoms with Crippen LogP contribution in [-0.4, -0.2) is 19.7 Å². The first-order chi connectivity index (χ1) is 9.08. The average molecular weight is 267 g/mol. The summed E-state index contributed by atoms with van der Waals surface area (Å²) in [4.78, 5) is 0. The van der Waals surface area contributed by atoms with Gasteiger partial charge < -0.3 is 10.1 Å². The second-order valence-corrected chi connectivity index (χ2v) is 5.95. The minimum Gasteiger partial charge on any atom is -0.435 e. The number of hydrogen-bond acceptors (Lipinski definition) is 2. The second-order valence-electron chi connectivity index (χ2n) is 5.95. The zero-order valence-electron chi connectivity index (χ0n) is 11.1. The van der Waals surface area contributed by atoms with Crippen molar-refractivity contribution in [2.75, 3.05) is 13.1 Å². The second kappa shape index (κ2) is 4.75.